The Labute approximate surface area is 207 Å². The molecule has 6 nitrogen and oxygen atoms in total. The molecule has 0 fully saturated rings. The molecule has 0 saturated heterocycles. The van der Waals surface area contributed by atoms with E-state index in [1.165, 1.54) is 9.80 Å². The van der Waals surface area contributed by atoms with E-state index < -0.39 is 0 Å². The van der Waals surface area contributed by atoms with Crippen LogP contribution in [0.15, 0.2) is 24.3 Å². The topological polar surface area (TPSA) is 74.8 Å². The van der Waals surface area contributed by atoms with Crippen molar-refractivity contribution in [2.24, 2.45) is 0 Å². The molecule has 0 bridgehead atoms. The van der Waals surface area contributed by atoms with Crippen molar-refractivity contribution in [3.05, 3.63) is 46.5 Å². The third kappa shape index (κ3) is 5.37. The number of carbonyl (C=O) groups excluding carboxylic acids is 4. The van der Waals surface area contributed by atoms with E-state index in [0.29, 0.717) is 59.0 Å². The van der Waals surface area contributed by atoms with Crippen LogP contribution in [0.2, 0.25) is 0 Å². The molecule has 2 aliphatic heterocycles. The van der Waals surface area contributed by atoms with E-state index in [2.05, 4.69) is 0 Å². The fourth-order valence-corrected chi connectivity index (χ4v) is 3.83. The van der Waals surface area contributed by atoms with E-state index in [1.54, 1.807) is 24.3 Å². The summed E-state index contributed by atoms with van der Waals surface area (Å²) in [6.07, 6.45) is 1.32. The predicted molar refractivity (Wildman–Crippen MR) is 145 cm³/mol. The summed E-state index contributed by atoms with van der Waals surface area (Å²) in [6.45, 7) is 12.5. The highest BCUT2D eigenvalue weighted by Gasteiger charge is 2.38. The van der Waals surface area contributed by atoms with Crippen molar-refractivity contribution in [1.82, 2.24) is 9.80 Å². The van der Waals surface area contributed by atoms with Crippen LogP contribution >= 0.6 is 0 Å². The summed E-state index contributed by atoms with van der Waals surface area (Å²) in [7, 11) is 0. The lowest BCUT2D eigenvalue weighted by Crippen LogP contribution is -2.43. The lowest BCUT2D eigenvalue weighted by molar-refractivity contribution is 0.0589. The fourth-order valence-electron chi connectivity index (χ4n) is 3.83. The van der Waals surface area contributed by atoms with Crippen molar-refractivity contribution >= 4 is 34.4 Å². The molecule has 6 heteroatoms. The smallest absolute Gasteiger partial charge is 0.261 e. The SMILES string of the molecule is C.C.C.C.CC.CC.CCCN1C(=O)c2ccc3c4c(ccc(c24)C1=O)C(=O)N(CCC)C3=O. The summed E-state index contributed by atoms with van der Waals surface area (Å²) in [5, 5.41) is 0.861. The maximum atomic E-state index is 12.8. The first-order valence-corrected chi connectivity index (χ1v) is 10.8. The lowest BCUT2D eigenvalue weighted by atomic mass is 9.86. The fraction of sp³-hybridized carbons (Fsp3) is 0.500. The predicted octanol–water partition coefficient (Wildman–Crippen LogP) is 7.45. The van der Waals surface area contributed by atoms with Gasteiger partial charge in [0.15, 0.2) is 0 Å². The van der Waals surface area contributed by atoms with Gasteiger partial charge in [-0.2, -0.15) is 0 Å². The molecule has 2 aromatic carbocycles. The van der Waals surface area contributed by atoms with Crippen LogP contribution in [0.5, 0.6) is 0 Å². The van der Waals surface area contributed by atoms with Crippen LogP contribution < -0.4 is 0 Å². The molecule has 4 amide bonds. The monoisotopic (exact) mass is 474 g/mol. The second-order valence-corrected chi connectivity index (χ2v) is 6.60. The largest absolute Gasteiger partial charge is 0.274 e. The van der Waals surface area contributed by atoms with Gasteiger partial charge >= 0.3 is 0 Å². The summed E-state index contributed by atoms with van der Waals surface area (Å²) in [6, 6.07) is 6.39. The summed E-state index contributed by atoms with van der Waals surface area (Å²) in [4.78, 5) is 53.6. The minimum atomic E-state index is -0.371. The van der Waals surface area contributed by atoms with Gasteiger partial charge in [0.1, 0.15) is 0 Å². The van der Waals surface area contributed by atoms with E-state index >= 15 is 0 Å². The third-order valence-electron chi connectivity index (χ3n) is 4.96. The molecule has 0 aromatic heterocycles. The second kappa shape index (κ2) is 15.0. The van der Waals surface area contributed by atoms with Crippen molar-refractivity contribution in [2.45, 2.75) is 84.1 Å². The molecule has 0 spiro atoms. The average Bonchev–Trinajstić information content (AvgIpc) is 2.79. The van der Waals surface area contributed by atoms with Gasteiger partial charge in [0.05, 0.1) is 0 Å². The van der Waals surface area contributed by atoms with Gasteiger partial charge in [-0.25, -0.2) is 0 Å². The standard InChI is InChI=1S/C20H18N2O4.2C2H6.4CH4/c1-3-9-21-17(23)11-5-7-13-16-14(8-6-12(15(11)16)18(21)24)20(26)22(10-4-2)19(13)25;2*1-2;;;;/h5-8H,3-4,9-10H2,1-2H3;2*1-2H3;4*1H4. The molecule has 0 aliphatic carbocycles. The van der Waals surface area contributed by atoms with Gasteiger partial charge in [0, 0.05) is 46.1 Å². The summed E-state index contributed by atoms with van der Waals surface area (Å²) in [5.41, 5.74) is 1.49. The molecular formula is C28H46N2O4. The normalized spacial score (nSPS) is 12.6. The van der Waals surface area contributed by atoms with E-state index in [4.69, 9.17) is 0 Å². The molecular weight excluding hydrogens is 428 g/mol. The van der Waals surface area contributed by atoms with Crippen LogP contribution in [0.4, 0.5) is 0 Å². The van der Waals surface area contributed by atoms with Gasteiger partial charge in [-0.05, 0) is 37.1 Å². The van der Waals surface area contributed by atoms with Crippen molar-refractivity contribution in [1.29, 1.82) is 0 Å². The van der Waals surface area contributed by atoms with E-state index in [1.807, 2.05) is 41.5 Å². The number of nitrogens with zero attached hydrogens (tertiary/aromatic N) is 2. The van der Waals surface area contributed by atoms with Crippen LogP contribution in [0.3, 0.4) is 0 Å². The zero-order valence-electron chi connectivity index (χ0n) is 18.7. The highest BCUT2D eigenvalue weighted by atomic mass is 16.2. The molecule has 0 saturated carbocycles. The van der Waals surface area contributed by atoms with Crippen molar-refractivity contribution < 1.29 is 19.2 Å². The lowest BCUT2D eigenvalue weighted by Gasteiger charge is -2.31. The second-order valence-electron chi connectivity index (χ2n) is 6.60. The van der Waals surface area contributed by atoms with Gasteiger partial charge in [-0.3, -0.25) is 29.0 Å². The first-order chi connectivity index (χ1) is 14.5. The van der Waals surface area contributed by atoms with Crippen molar-refractivity contribution in [2.75, 3.05) is 13.1 Å². The minimum absolute atomic E-state index is 0. The van der Waals surface area contributed by atoms with Crippen molar-refractivity contribution in [3.8, 4) is 0 Å². The van der Waals surface area contributed by atoms with Crippen LogP contribution in [0, 0.1) is 0 Å². The number of amides is 4. The first-order valence-electron chi connectivity index (χ1n) is 10.8. The quantitative estimate of drug-likeness (QED) is 0.431. The van der Waals surface area contributed by atoms with E-state index in [0.717, 1.165) is 0 Å². The van der Waals surface area contributed by atoms with Crippen LogP contribution in [-0.2, 0) is 0 Å². The minimum Gasteiger partial charge on any atom is -0.274 e. The molecule has 2 aliphatic rings. The Balaban J connectivity index is -0.00000114. The summed E-state index contributed by atoms with van der Waals surface area (Å²) in [5.74, 6) is -1.49. The van der Waals surface area contributed by atoms with Crippen LogP contribution in [-0.4, -0.2) is 46.5 Å². The maximum absolute atomic E-state index is 12.8. The van der Waals surface area contributed by atoms with Gasteiger partial charge in [-0.15, -0.1) is 0 Å². The van der Waals surface area contributed by atoms with Crippen LogP contribution in [0.1, 0.15) is 126 Å². The van der Waals surface area contributed by atoms with E-state index in [-0.39, 0.29) is 53.3 Å². The van der Waals surface area contributed by atoms with E-state index in [9.17, 15) is 19.2 Å². The number of imide groups is 2. The third-order valence-corrected chi connectivity index (χ3v) is 4.96. The number of rotatable bonds is 4. The molecule has 2 heterocycles. The molecule has 0 atom stereocenters. The summed E-state index contributed by atoms with van der Waals surface area (Å²) >= 11 is 0. The molecule has 0 N–H and O–H groups in total. The highest BCUT2D eigenvalue weighted by Crippen LogP contribution is 2.37. The first kappa shape index (κ1) is 35.6. The number of hydrogen-bond acceptors (Lipinski definition) is 4. The Kier molecular flexibility index (Phi) is 15.7. The van der Waals surface area contributed by atoms with Gasteiger partial charge in [-0.1, -0.05) is 71.2 Å². The molecule has 0 unspecified atom stereocenters. The number of hydrogen-bond donors (Lipinski definition) is 0. The average molecular weight is 475 g/mol. The van der Waals surface area contributed by atoms with Crippen molar-refractivity contribution in [3.63, 3.8) is 0 Å². The molecule has 4 rings (SSSR count). The summed E-state index contributed by atoms with van der Waals surface area (Å²) < 4.78 is 0. The Morgan fingerprint density at radius 1 is 0.500 bits per heavy atom. The zero-order chi connectivity index (χ0) is 22.6. The Morgan fingerprint density at radius 3 is 0.882 bits per heavy atom. The Hall–Kier alpha value is -3.02. The van der Waals surface area contributed by atoms with Gasteiger partial charge in [0.25, 0.3) is 23.6 Å². The molecule has 34 heavy (non-hydrogen) atoms. The number of carbonyl (C=O) groups is 4. The molecule has 192 valence electrons. The maximum Gasteiger partial charge on any atom is 0.261 e. The zero-order valence-corrected chi connectivity index (χ0v) is 18.7. The highest BCUT2D eigenvalue weighted by molar-refractivity contribution is 6.33. The van der Waals surface area contributed by atoms with Gasteiger partial charge < -0.3 is 0 Å². The van der Waals surface area contributed by atoms with Gasteiger partial charge in [0.2, 0.25) is 0 Å². The molecule has 2 aromatic rings. The Bertz CT molecular complexity index is 860. The molecule has 0 radical (unpaired) electrons. The Morgan fingerprint density at radius 2 is 0.706 bits per heavy atom. The van der Waals surface area contributed by atoms with Crippen LogP contribution in [0.25, 0.3) is 10.8 Å². The number of benzene rings is 2.